The molecular weight excluding hydrogens is 174 g/mol. The molecule has 0 fully saturated rings. The highest BCUT2D eigenvalue weighted by Crippen LogP contribution is 2.18. The molecule has 0 radical (unpaired) electrons. The minimum absolute atomic E-state index is 0.594. The molecule has 0 saturated carbocycles. The zero-order valence-electron chi connectivity index (χ0n) is 8.03. The summed E-state index contributed by atoms with van der Waals surface area (Å²) < 4.78 is 5.32. The molecule has 0 bridgehead atoms. The van der Waals surface area contributed by atoms with Crippen molar-refractivity contribution in [3.8, 4) is 5.88 Å². The average molecular weight is 185 g/mol. The standard InChI is InChI=1S/C12H11NO/c1-9(2)14-12-7-10-5-3-4-6-11(10)8-13-12/h3-8H,1H2,2H3. The van der Waals surface area contributed by atoms with E-state index in [1.165, 1.54) is 0 Å². The predicted octanol–water partition coefficient (Wildman–Crippen LogP) is 3.15. The van der Waals surface area contributed by atoms with Gasteiger partial charge in [0.1, 0.15) is 0 Å². The van der Waals surface area contributed by atoms with Crippen LogP contribution in [0.5, 0.6) is 5.88 Å². The second kappa shape index (κ2) is 3.50. The van der Waals surface area contributed by atoms with E-state index in [9.17, 15) is 0 Å². The number of aromatic nitrogens is 1. The quantitative estimate of drug-likeness (QED) is 0.670. The molecular formula is C12H11NO. The second-order valence-electron chi connectivity index (χ2n) is 3.17. The van der Waals surface area contributed by atoms with Crippen LogP contribution in [0.15, 0.2) is 48.9 Å². The minimum Gasteiger partial charge on any atom is -0.444 e. The number of pyridine rings is 1. The van der Waals surface area contributed by atoms with Crippen LogP contribution in [0, 0.1) is 0 Å². The van der Waals surface area contributed by atoms with Crippen LogP contribution in [0.25, 0.3) is 10.8 Å². The van der Waals surface area contributed by atoms with Gasteiger partial charge in [0.2, 0.25) is 5.88 Å². The van der Waals surface area contributed by atoms with Crippen molar-refractivity contribution in [2.75, 3.05) is 0 Å². The molecule has 0 spiro atoms. The molecule has 1 aromatic heterocycles. The number of ether oxygens (including phenoxy) is 1. The van der Waals surface area contributed by atoms with Gasteiger partial charge in [0.25, 0.3) is 0 Å². The van der Waals surface area contributed by atoms with E-state index >= 15 is 0 Å². The Morgan fingerprint density at radius 2 is 2.00 bits per heavy atom. The number of hydrogen-bond donors (Lipinski definition) is 0. The fourth-order valence-corrected chi connectivity index (χ4v) is 1.30. The van der Waals surface area contributed by atoms with Crippen molar-refractivity contribution in [2.45, 2.75) is 6.92 Å². The monoisotopic (exact) mass is 185 g/mol. The zero-order valence-corrected chi connectivity index (χ0v) is 8.03. The fourth-order valence-electron chi connectivity index (χ4n) is 1.30. The summed E-state index contributed by atoms with van der Waals surface area (Å²) in [7, 11) is 0. The van der Waals surface area contributed by atoms with Gasteiger partial charge >= 0.3 is 0 Å². The Kier molecular flexibility index (Phi) is 2.19. The minimum atomic E-state index is 0.594. The summed E-state index contributed by atoms with van der Waals surface area (Å²) in [5.74, 6) is 1.24. The number of benzene rings is 1. The van der Waals surface area contributed by atoms with Gasteiger partial charge in [-0.05, 0) is 12.3 Å². The van der Waals surface area contributed by atoms with E-state index in [0.717, 1.165) is 10.8 Å². The number of nitrogens with zero attached hydrogens (tertiary/aromatic N) is 1. The lowest BCUT2D eigenvalue weighted by Crippen LogP contribution is -1.91. The molecule has 0 aliphatic heterocycles. The Morgan fingerprint density at radius 3 is 2.71 bits per heavy atom. The van der Waals surface area contributed by atoms with Crippen molar-refractivity contribution in [1.29, 1.82) is 0 Å². The van der Waals surface area contributed by atoms with Gasteiger partial charge < -0.3 is 4.74 Å². The van der Waals surface area contributed by atoms with Crippen molar-refractivity contribution in [3.63, 3.8) is 0 Å². The molecule has 0 amide bonds. The number of rotatable bonds is 2. The lowest BCUT2D eigenvalue weighted by molar-refractivity contribution is 0.414. The molecule has 14 heavy (non-hydrogen) atoms. The first-order valence-corrected chi connectivity index (χ1v) is 4.44. The summed E-state index contributed by atoms with van der Waals surface area (Å²) in [6, 6.07) is 9.94. The first-order valence-electron chi connectivity index (χ1n) is 4.44. The van der Waals surface area contributed by atoms with Gasteiger partial charge in [-0.2, -0.15) is 0 Å². The third-order valence-electron chi connectivity index (χ3n) is 1.88. The van der Waals surface area contributed by atoms with Crippen molar-refractivity contribution in [1.82, 2.24) is 4.98 Å². The average Bonchev–Trinajstić information content (AvgIpc) is 2.17. The first kappa shape index (κ1) is 8.75. The third kappa shape index (κ3) is 1.74. The van der Waals surface area contributed by atoms with Crippen LogP contribution >= 0.6 is 0 Å². The third-order valence-corrected chi connectivity index (χ3v) is 1.88. The molecule has 2 nitrogen and oxygen atoms in total. The van der Waals surface area contributed by atoms with E-state index in [1.807, 2.05) is 30.3 Å². The first-order chi connectivity index (χ1) is 6.75. The Balaban J connectivity index is 2.46. The van der Waals surface area contributed by atoms with Gasteiger partial charge in [-0.1, -0.05) is 30.8 Å². The van der Waals surface area contributed by atoms with E-state index in [4.69, 9.17) is 4.74 Å². The molecule has 0 unspecified atom stereocenters. The largest absolute Gasteiger partial charge is 0.444 e. The summed E-state index contributed by atoms with van der Waals surface area (Å²) in [6.07, 6.45) is 1.80. The van der Waals surface area contributed by atoms with Crippen LogP contribution in [0.2, 0.25) is 0 Å². The van der Waals surface area contributed by atoms with Gasteiger partial charge in [0, 0.05) is 17.6 Å². The van der Waals surface area contributed by atoms with E-state index in [-0.39, 0.29) is 0 Å². The van der Waals surface area contributed by atoms with Gasteiger partial charge in [0.05, 0.1) is 5.76 Å². The van der Waals surface area contributed by atoms with Crippen molar-refractivity contribution >= 4 is 10.8 Å². The Hall–Kier alpha value is -1.83. The van der Waals surface area contributed by atoms with Crippen molar-refractivity contribution < 1.29 is 4.74 Å². The van der Waals surface area contributed by atoms with Crippen molar-refractivity contribution in [3.05, 3.63) is 48.9 Å². The zero-order chi connectivity index (χ0) is 9.97. The Labute approximate surface area is 82.9 Å². The van der Waals surface area contributed by atoms with Crippen LogP contribution in [0.3, 0.4) is 0 Å². The van der Waals surface area contributed by atoms with Crippen LogP contribution in [-0.2, 0) is 0 Å². The van der Waals surface area contributed by atoms with E-state index in [0.29, 0.717) is 11.6 Å². The maximum atomic E-state index is 5.32. The molecule has 0 N–H and O–H groups in total. The Bertz CT molecular complexity index is 476. The molecule has 2 heteroatoms. The molecule has 0 atom stereocenters. The van der Waals surface area contributed by atoms with Gasteiger partial charge in [-0.25, -0.2) is 4.98 Å². The summed E-state index contributed by atoms with van der Waals surface area (Å²) >= 11 is 0. The van der Waals surface area contributed by atoms with Gasteiger partial charge in [-0.15, -0.1) is 0 Å². The summed E-state index contributed by atoms with van der Waals surface area (Å²) in [4.78, 5) is 4.16. The highest BCUT2D eigenvalue weighted by molar-refractivity contribution is 5.82. The predicted molar refractivity (Wildman–Crippen MR) is 57.2 cm³/mol. The van der Waals surface area contributed by atoms with Crippen LogP contribution in [-0.4, -0.2) is 4.98 Å². The van der Waals surface area contributed by atoms with E-state index in [2.05, 4.69) is 11.6 Å². The summed E-state index contributed by atoms with van der Waals surface area (Å²) in [6.45, 7) is 5.47. The maximum absolute atomic E-state index is 5.32. The molecule has 1 heterocycles. The normalized spacial score (nSPS) is 10.1. The molecule has 2 rings (SSSR count). The van der Waals surface area contributed by atoms with Crippen LogP contribution in [0.4, 0.5) is 0 Å². The van der Waals surface area contributed by atoms with Gasteiger partial charge in [-0.3, -0.25) is 0 Å². The SMILES string of the molecule is C=C(C)Oc1cc2ccccc2cn1. The molecule has 0 saturated heterocycles. The lowest BCUT2D eigenvalue weighted by atomic mass is 10.2. The topological polar surface area (TPSA) is 22.1 Å². The maximum Gasteiger partial charge on any atom is 0.219 e. The molecule has 0 aliphatic rings. The molecule has 70 valence electrons. The summed E-state index contributed by atoms with van der Waals surface area (Å²) in [5, 5.41) is 2.24. The molecule has 2 aromatic rings. The number of fused-ring (bicyclic) bond motifs is 1. The summed E-state index contributed by atoms with van der Waals surface area (Å²) in [5.41, 5.74) is 0. The highest BCUT2D eigenvalue weighted by atomic mass is 16.5. The second-order valence-corrected chi connectivity index (χ2v) is 3.17. The van der Waals surface area contributed by atoms with Gasteiger partial charge in [0.15, 0.2) is 0 Å². The van der Waals surface area contributed by atoms with E-state index in [1.54, 1.807) is 13.1 Å². The van der Waals surface area contributed by atoms with Crippen LogP contribution in [0.1, 0.15) is 6.92 Å². The molecule has 0 aliphatic carbocycles. The fraction of sp³-hybridized carbons (Fsp3) is 0.0833. The molecule has 1 aromatic carbocycles. The smallest absolute Gasteiger partial charge is 0.219 e. The number of hydrogen-bond acceptors (Lipinski definition) is 2. The lowest BCUT2D eigenvalue weighted by Gasteiger charge is -2.03. The number of allylic oxidation sites excluding steroid dienone is 1. The van der Waals surface area contributed by atoms with Crippen molar-refractivity contribution in [2.24, 2.45) is 0 Å². The van der Waals surface area contributed by atoms with Crippen LogP contribution < -0.4 is 4.74 Å². The van der Waals surface area contributed by atoms with E-state index < -0.39 is 0 Å². The highest BCUT2D eigenvalue weighted by Gasteiger charge is 1.97. The Morgan fingerprint density at radius 1 is 1.29 bits per heavy atom.